The fourth-order valence-corrected chi connectivity index (χ4v) is 5.09. The zero-order valence-electron chi connectivity index (χ0n) is 22.1. The Bertz CT molecular complexity index is 1660. The van der Waals surface area contributed by atoms with E-state index in [4.69, 9.17) is 13.6 Å². The number of amides is 2. The molecule has 6 rings (SSSR count). The van der Waals surface area contributed by atoms with Crippen molar-refractivity contribution in [1.29, 1.82) is 0 Å². The lowest BCUT2D eigenvalue weighted by atomic mass is 9.87. The van der Waals surface area contributed by atoms with Crippen LogP contribution in [0.25, 0.3) is 0 Å². The van der Waals surface area contributed by atoms with Crippen LogP contribution in [-0.2, 0) is 19.6 Å². The van der Waals surface area contributed by atoms with Crippen LogP contribution >= 0.6 is 0 Å². The van der Waals surface area contributed by atoms with Gasteiger partial charge in [0.25, 0.3) is 11.8 Å². The van der Waals surface area contributed by atoms with Crippen LogP contribution in [-0.4, -0.2) is 23.3 Å². The molecule has 5 aromatic rings. The lowest BCUT2D eigenvalue weighted by molar-refractivity contribution is 0.0661. The molecule has 8 heteroatoms. The minimum atomic E-state index is -0.402. The molecule has 3 heterocycles. The maximum absolute atomic E-state index is 13.4. The minimum Gasteiger partial charge on any atom is -0.486 e. The van der Waals surface area contributed by atoms with E-state index in [1.54, 1.807) is 36.4 Å². The van der Waals surface area contributed by atoms with Crippen LogP contribution in [0.1, 0.15) is 55.2 Å². The van der Waals surface area contributed by atoms with Gasteiger partial charge < -0.3 is 23.8 Å². The van der Waals surface area contributed by atoms with Gasteiger partial charge >= 0.3 is 0 Å². The number of nitrogens with one attached hydrogen (secondary N) is 1. The standard InChI is InChI=1S/C33H27FN2O5/c34-25-9-4-6-22(18-25)20-35-32(37)29-14-13-27(41-29)21-40-26-12-11-23-15-16-36(33(38)30-10-5-17-39-30)31(28(23)19-26)24-7-2-1-3-8-24/h1-14,17-19,31H,15-16,20-21H2,(H,35,37). The molecular weight excluding hydrogens is 523 g/mol. The first-order valence-electron chi connectivity index (χ1n) is 13.3. The van der Waals surface area contributed by atoms with E-state index in [1.165, 1.54) is 18.4 Å². The van der Waals surface area contributed by atoms with Gasteiger partial charge in [0, 0.05) is 13.1 Å². The first-order chi connectivity index (χ1) is 20.0. The Labute approximate surface area is 236 Å². The van der Waals surface area contributed by atoms with Crippen LogP contribution in [0.2, 0.25) is 0 Å². The smallest absolute Gasteiger partial charge is 0.290 e. The van der Waals surface area contributed by atoms with Crippen molar-refractivity contribution in [3.8, 4) is 5.75 Å². The number of carbonyl (C=O) groups excluding carboxylic acids is 2. The van der Waals surface area contributed by atoms with Gasteiger partial charge in [-0.25, -0.2) is 4.39 Å². The van der Waals surface area contributed by atoms with Gasteiger partial charge in [-0.3, -0.25) is 9.59 Å². The van der Waals surface area contributed by atoms with Crippen LogP contribution in [0.4, 0.5) is 4.39 Å². The normalized spacial score (nSPS) is 14.4. The summed E-state index contributed by atoms with van der Waals surface area (Å²) in [6, 6.07) is 28.2. The number of carbonyl (C=O) groups is 2. The molecule has 1 atom stereocenters. The highest BCUT2D eigenvalue weighted by Gasteiger charge is 2.34. The van der Waals surface area contributed by atoms with E-state index in [2.05, 4.69) is 5.32 Å². The molecule has 7 nitrogen and oxygen atoms in total. The van der Waals surface area contributed by atoms with E-state index in [-0.39, 0.29) is 36.7 Å². The number of furan rings is 2. The number of benzene rings is 3. The topological polar surface area (TPSA) is 84.9 Å². The summed E-state index contributed by atoms with van der Waals surface area (Å²) in [6.45, 7) is 0.851. The van der Waals surface area contributed by atoms with E-state index >= 15 is 0 Å². The largest absolute Gasteiger partial charge is 0.486 e. The second-order valence-corrected chi connectivity index (χ2v) is 9.77. The second-order valence-electron chi connectivity index (χ2n) is 9.77. The zero-order valence-corrected chi connectivity index (χ0v) is 22.1. The number of rotatable bonds is 8. The van der Waals surface area contributed by atoms with Gasteiger partial charge in [0.15, 0.2) is 11.5 Å². The van der Waals surface area contributed by atoms with Gasteiger partial charge in [-0.05, 0) is 77.2 Å². The highest BCUT2D eigenvalue weighted by Crippen LogP contribution is 2.38. The molecular formula is C33H27FN2O5. The van der Waals surface area contributed by atoms with Crippen LogP contribution in [0.15, 0.2) is 112 Å². The Kier molecular flexibility index (Phi) is 7.36. The Hall–Kier alpha value is -5.11. The number of ether oxygens (including phenoxy) is 1. The van der Waals surface area contributed by atoms with Crippen LogP contribution in [0.5, 0.6) is 5.75 Å². The summed E-state index contributed by atoms with van der Waals surface area (Å²) in [7, 11) is 0. The number of hydrogen-bond donors (Lipinski definition) is 1. The molecule has 0 saturated carbocycles. The Balaban J connectivity index is 1.17. The molecule has 206 valence electrons. The van der Waals surface area contributed by atoms with Crippen molar-refractivity contribution in [2.75, 3.05) is 6.54 Å². The molecule has 1 N–H and O–H groups in total. The maximum atomic E-state index is 13.4. The molecule has 0 spiro atoms. The average Bonchev–Trinajstić information content (AvgIpc) is 3.71. The minimum absolute atomic E-state index is 0.112. The molecule has 2 amide bonds. The van der Waals surface area contributed by atoms with Gasteiger partial charge in [0.2, 0.25) is 0 Å². The number of nitrogens with zero attached hydrogens (tertiary/aromatic N) is 1. The van der Waals surface area contributed by atoms with E-state index in [9.17, 15) is 14.0 Å². The number of halogens is 1. The maximum Gasteiger partial charge on any atom is 0.290 e. The molecule has 3 aromatic carbocycles. The van der Waals surface area contributed by atoms with Gasteiger partial charge in [0.1, 0.15) is 23.9 Å². The molecule has 0 fully saturated rings. The quantitative estimate of drug-likeness (QED) is 0.245. The van der Waals surface area contributed by atoms with Crippen molar-refractivity contribution in [3.63, 3.8) is 0 Å². The van der Waals surface area contributed by atoms with Crippen molar-refractivity contribution < 1.29 is 27.6 Å². The molecule has 1 aliphatic rings. The molecule has 41 heavy (non-hydrogen) atoms. The Morgan fingerprint density at radius 2 is 1.80 bits per heavy atom. The van der Waals surface area contributed by atoms with E-state index in [1.807, 2.05) is 53.4 Å². The van der Waals surface area contributed by atoms with Gasteiger partial charge in [-0.1, -0.05) is 48.5 Å². The SMILES string of the molecule is O=C(NCc1cccc(F)c1)c1ccc(COc2ccc3c(c2)C(c2ccccc2)N(C(=O)c2ccco2)CC3)o1. The third-order valence-corrected chi connectivity index (χ3v) is 7.06. The third kappa shape index (κ3) is 5.77. The summed E-state index contributed by atoms with van der Waals surface area (Å²) in [4.78, 5) is 27.7. The fourth-order valence-electron chi connectivity index (χ4n) is 5.09. The number of fused-ring (bicyclic) bond motifs is 1. The Morgan fingerprint density at radius 3 is 2.61 bits per heavy atom. The van der Waals surface area contributed by atoms with Gasteiger partial charge in [0.05, 0.1) is 12.3 Å². The van der Waals surface area contributed by atoms with Crippen LogP contribution in [0.3, 0.4) is 0 Å². The molecule has 0 saturated heterocycles. The third-order valence-electron chi connectivity index (χ3n) is 7.06. The van der Waals surface area contributed by atoms with Crippen molar-refractivity contribution in [3.05, 3.63) is 149 Å². The van der Waals surface area contributed by atoms with Crippen molar-refractivity contribution in [1.82, 2.24) is 10.2 Å². The molecule has 0 radical (unpaired) electrons. The predicted molar refractivity (Wildman–Crippen MR) is 149 cm³/mol. The highest BCUT2D eigenvalue weighted by molar-refractivity contribution is 5.92. The lowest BCUT2D eigenvalue weighted by Crippen LogP contribution is -2.40. The summed E-state index contributed by atoms with van der Waals surface area (Å²) in [5, 5.41) is 2.73. The van der Waals surface area contributed by atoms with Crippen molar-refractivity contribution in [2.24, 2.45) is 0 Å². The molecule has 1 aliphatic heterocycles. The Morgan fingerprint density at radius 1 is 0.927 bits per heavy atom. The van der Waals surface area contributed by atoms with Gasteiger partial charge in [-0.2, -0.15) is 0 Å². The summed E-state index contributed by atoms with van der Waals surface area (Å²) >= 11 is 0. The van der Waals surface area contributed by atoms with E-state index in [0.717, 1.165) is 16.7 Å². The highest BCUT2D eigenvalue weighted by atomic mass is 19.1. The average molecular weight is 551 g/mol. The summed E-state index contributed by atoms with van der Waals surface area (Å²) in [5.74, 6) is 0.611. The van der Waals surface area contributed by atoms with Crippen LogP contribution < -0.4 is 10.1 Å². The van der Waals surface area contributed by atoms with E-state index < -0.39 is 5.91 Å². The predicted octanol–water partition coefficient (Wildman–Crippen LogP) is 6.31. The summed E-state index contributed by atoms with van der Waals surface area (Å²) < 4.78 is 30.6. The zero-order chi connectivity index (χ0) is 28.2. The number of hydrogen-bond acceptors (Lipinski definition) is 5. The van der Waals surface area contributed by atoms with Gasteiger partial charge in [-0.15, -0.1) is 0 Å². The van der Waals surface area contributed by atoms with Crippen molar-refractivity contribution in [2.45, 2.75) is 25.6 Å². The monoisotopic (exact) mass is 550 g/mol. The van der Waals surface area contributed by atoms with Crippen molar-refractivity contribution >= 4 is 11.8 Å². The fraction of sp³-hybridized carbons (Fsp3) is 0.152. The summed E-state index contributed by atoms with van der Waals surface area (Å²) in [6.07, 6.45) is 2.21. The first kappa shape index (κ1) is 26.1. The lowest BCUT2D eigenvalue weighted by Gasteiger charge is -2.37. The molecule has 0 bridgehead atoms. The van der Waals surface area contributed by atoms with Crippen LogP contribution in [0, 0.1) is 5.82 Å². The molecule has 0 aliphatic carbocycles. The second kappa shape index (κ2) is 11.6. The summed E-state index contributed by atoms with van der Waals surface area (Å²) in [5.41, 5.74) is 3.77. The molecule has 1 unspecified atom stereocenters. The van der Waals surface area contributed by atoms with E-state index in [0.29, 0.717) is 35.8 Å². The first-order valence-corrected chi connectivity index (χ1v) is 13.3. The molecule has 2 aromatic heterocycles.